The van der Waals surface area contributed by atoms with Crippen LogP contribution in [-0.4, -0.2) is 4.57 Å². The quantitative estimate of drug-likeness (QED) is 0.377. The zero-order chi connectivity index (χ0) is 18.4. The molecule has 0 amide bonds. The van der Waals surface area contributed by atoms with Gasteiger partial charge < -0.3 is 4.57 Å². The van der Waals surface area contributed by atoms with E-state index in [1.54, 1.807) is 0 Å². The summed E-state index contributed by atoms with van der Waals surface area (Å²) in [7, 11) is 0. The molecular weight excluding hydrogens is 314 g/mol. The van der Waals surface area contributed by atoms with Crippen LogP contribution in [0.4, 0.5) is 0 Å². The van der Waals surface area contributed by atoms with Crippen LogP contribution in [0.1, 0.15) is 27.8 Å². The second-order valence-electron chi connectivity index (χ2n) is 7.47. The van der Waals surface area contributed by atoms with E-state index in [1.165, 1.54) is 55.7 Å². The number of aromatic nitrogens is 1. The summed E-state index contributed by atoms with van der Waals surface area (Å²) >= 11 is 0. The Morgan fingerprint density at radius 1 is 0.615 bits per heavy atom. The molecule has 0 N–H and O–H groups in total. The predicted octanol–water partition coefficient (Wildman–Crippen LogP) is 6.84. The van der Waals surface area contributed by atoms with Gasteiger partial charge in [0.2, 0.25) is 0 Å². The van der Waals surface area contributed by atoms with E-state index in [0.29, 0.717) is 0 Å². The van der Waals surface area contributed by atoms with Crippen LogP contribution in [0.5, 0.6) is 0 Å². The van der Waals surface area contributed by atoms with Crippen LogP contribution in [-0.2, 0) is 0 Å². The first-order valence-electron chi connectivity index (χ1n) is 9.22. The standard InChI is InChI=1S/C25H25N/c1-16-12-19(4)25(20(5)13-16)26-23-9-7-6-8-21(23)15-24(26)22-11-10-17(2)18(3)14-22/h6-15H,1-5H3. The van der Waals surface area contributed by atoms with Crippen molar-refractivity contribution in [2.75, 3.05) is 0 Å². The van der Waals surface area contributed by atoms with E-state index in [1.807, 2.05) is 0 Å². The fourth-order valence-electron chi connectivity index (χ4n) is 4.03. The maximum atomic E-state index is 2.43. The smallest absolute Gasteiger partial charge is 0.0541 e. The SMILES string of the molecule is Cc1cc(C)c(-n2c(-c3ccc(C)c(C)c3)cc3ccccc32)c(C)c1. The Morgan fingerprint density at radius 2 is 1.31 bits per heavy atom. The van der Waals surface area contributed by atoms with Gasteiger partial charge in [-0.05, 0) is 80.6 Å². The molecule has 1 heterocycles. The third-order valence-corrected chi connectivity index (χ3v) is 5.37. The molecule has 0 fully saturated rings. The second kappa shape index (κ2) is 6.17. The van der Waals surface area contributed by atoms with Crippen molar-refractivity contribution in [3.05, 3.63) is 88.5 Å². The molecule has 0 unspecified atom stereocenters. The molecule has 0 saturated heterocycles. The van der Waals surface area contributed by atoms with E-state index >= 15 is 0 Å². The average molecular weight is 339 g/mol. The van der Waals surface area contributed by atoms with Gasteiger partial charge >= 0.3 is 0 Å². The Balaban J connectivity index is 2.10. The highest BCUT2D eigenvalue weighted by Gasteiger charge is 2.16. The number of hydrogen-bond acceptors (Lipinski definition) is 0. The number of aryl methyl sites for hydroxylation is 5. The van der Waals surface area contributed by atoms with Gasteiger partial charge in [-0.25, -0.2) is 0 Å². The monoisotopic (exact) mass is 339 g/mol. The molecule has 4 rings (SSSR count). The van der Waals surface area contributed by atoms with E-state index in [-0.39, 0.29) is 0 Å². The normalized spacial score (nSPS) is 11.3. The third-order valence-electron chi connectivity index (χ3n) is 5.37. The van der Waals surface area contributed by atoms with Crippen molar-refractivity contribution in [2.45, 2.75) is 34.6 Å². The van der Waals surface area contributed by atoms with Gasteiger partial charge in [-0.15, -0.1) is 0 Å². The van der Waals surface area contributed by atoms with E-state index in [2.05, 4.69) is 99.8 Å². The van der Waals surface area contributed by atoms with Gasteiger partial charge in [0.1, 0.15) is 0 Å². The minimum absolute atomic E-state index is 1.25. The molecule has 4 aromatic rings. The first-order valence-corrected chi connectivity index (χ1v) is 9.22. The summed E-state index contributed by atoms with van der Waals surface area (Å²) < 4.78 is 2.43. The molecule has 0 aliphatic rings. The lowest BCUT2D eigenvalue weighted by Gasteiger charge is -2.18. The first-order chi connectivity index (χ1) is 12.5. The van der Waals surface area contributed by atoms with Crippen molar-refractivity contribution in [2.24, 2.45) is 0 Å². The van der Waals surface area contributed by atoms with E-state index in [0.717, 1.165) is 0 Å². The highest BCUT2D eigenvalue weighted by atomic mass is 15.0. The molecule has 0 atom stereocenters. The zero-order valence-electron chi connectivity index (χ0n) is 16.2. The van der Waals surface area contributed by atoms with Crippen molar-refractivity contribution in [1.29, 1.82) is 0 Å². The van der Waals surface area contributed by atoms with E-state index in [9.17, 15) is 0 Å². The Labute approximate surface area is 155 Å². The highest BCUT2D eigenvalue weighted by Crippen LogP contribution is 2.35. The number of rotatable bonds is 2. The summed E-state index contributed by atoms with van der Waals surface area (Å²) in [4.78, 5) is 0. The number of nitrogens with zero attached hydrogens (tertiary/aromatic N) is 1. The first kappa shape index (κ1) is 16.7. The van der Waals surface area contributed by atoms with Crippen molar-refractivity contribution in [3.8, 4) is 16.9 Å². The summed E-state index contributed by atoms with van der Waals surface area (Å²) in [5, 5.41) is 1.28. The van der Waals surface area contributed by atoms with E-state index in [4.69, 9.17) is 0 Å². The van der Waals surface area contributed by atoms with Crippen molar-refractivity contribution < 1.29 is 0 Å². The van der Waals surface area contributed by atoms with Gasteiger partial charge in [0.15, 0.2) is 0 Å². The maximum Gasteiger partial charge on any atom is 0.0541 e. The van der Waals surface area contributed by atoms with Gasteiger partial charge in [-0.1, -0.05) is 48.0 Å². The highest BCUT2D eigenvalue weighted by molar-refractivity contribution is 5.90. The number of fused-ring (bicyclic) bond motifs is 1. The fourth-order valence-corrected chi connectivity index (χ4v) is 4.03. The van der Waals surface area contributed by atoms with Crippen LogP contribution < -0.4 is 0 Å². The largest absolute Gasteiger partial charge is 0.309 e. The van der Waals surface area contributed by atoms with Gasteiger partial charge in [0.05, 0.1) is 16.9 Å². The molecule has 130 valence electrons. The molecule has 0 spiro atoms. The molecule has 0 saturated carbocycles. The zero-order valence-corrected chi connectivity index (χ0v) is 16.2. The molecule has 0 aliphatic carbocycles. The number of hydrogen-bond donors (Lipinski definition) is 0. The van der Waals surface area contributed by atoms with Crippen LogP contribution in [0.3, 0.4) is 0 Å². The van der Waals surface area contributed by atoms with Crippen LogP contribution >= 0.6 is 0 Å². The van der Waals surface area contributed by atoms with Gasteiger partial charge in [0.25, 0.3) is 0 Å². The molecule has 26 heavy (non-hydrogen) atoms. The lowest BCUT2D eigenvalue weighted by atomic mass is 10.0. The summed E-state index contributed by atoms with van der Waals surface area (Å²) in [6, 6.07) is 22.3. The van der Waals surface area contributed by atoms with Crippen LogP contribution in [0, 0.1) is 34.6 Å². The summed E-state index contributed by atoms with van der Waals surface area (Å²) in [5.41, 5.74) is 11.7. The third kappa shape index (κ3) is 2.64. The lowest BCUT2D eigenvalue weighted by Crippen LogP contribution is -2.03. The van der Waals surface area contributed by atoms with Crippen LogP contribution in [0.25, 0.3) is 27.8 Å². The minimum atomic E-state index is 1.25. The van der Waals surface area contributed by atoms with Gasteiger partial charge in [-0.3, -0.25) is 0 Å². The summed E-state index contributed by atoms with van der Waals surface area (Å²) in [5.74, 6) is 0. The van der Waals surface area contributed by atoms with Crippen molar-refractivity contribution in [1.82, 2.24) is 4.57 Å². The molecule has 0 aliphatic heterocycles. The molecule has 1 heteroatoms. The Hall–Kier alpha value is -2.80. The predicted molar refractivity (Wildman–Crippen MR) is 112 cm³/mol. The molecule has 1 aromatic heterocycles. The van der Waals surface area contributed by atoms with Crippen LogP contribution in [0.2, 0.25) is 0 Å². The summed E-state index contributed by atoms with van der Waals surface area (Å²) in [6.45, 7) is 11.0. The second-order valence-corrected chi connectivity index (χ2v) is 7.47. The number of para-hydroxylation sites is 1. The fraction of sp³-hybridized carbons (Fsp3) is 0.200. The summed E-state index contributed by atoms with van der Waals surface area (Å²) in [6.07, 6.45) is 0. The topological polar surface area (TPSA) is 4.93 Å². The van der Waals surface area contributed by atoms with Crippen LogP contribution in [0.15, 0.2) is 60.7 Å². The number of benzene rings is 3. The average Bonchev–Trinajstić information content (AvgIpc) is 2.96. The lowest BCUT2D eigenvalue weighted by molar-refractivity contribution is 1.08. The Morgan fingerprint density at radius 3 is 2.00 bits per heavy atom. The Bertz CT molecular complexity index is 1110. The van der Waals surface area contributed by atoms with E-state index < -0.39 is 0 Å². The Kier molecular flexibility index (Phi) is 3.96. The molecule has 0 bridgehead atoms. The van der Waals surface area contributed by atoms with Crippen molar-refractivity contribution in [3.63, 3.8) is 0 Å². The molecule has 1 nitrogen and oxygen atoms in total. The molecule has 0 radical (unpaired) electrons. The van der Waals surface area contributed by atoms with Crippen molar-refractivity contribution >= 4 is 10.9 Å². The van der Waals surface area contributed by atoms with Gasteiger partial charge in [0, 0.05) is 5.39 Å². The molecular formula is C25H25N. The molecule has 3 aromatic carbocycles. The minimum Gasteiger partial charge on any atom is -0.309 e. The van der Waals surface area contributed by atoms with Gasteiger partial charge in [-0.2, -0.15) is 0 Å². The maximum absolute atomic E-state index is 2.43.